The molecule has 3 heteroatoms. The monoisotopic (exact) mass is 372 g/mol. The zero-order chi connectivity index (χ0) is 18.6. The normalized spacial score (nSPS) is 12.0. The summed E-state index contributed by atoms with van der Waals surface area (Å²) in [5.41, 5.74) is 0. The van der Waals surface area contributed by atoms with Gasteiger partial charge in [0.1, 0.15) is 0 Å². The van der Waals surface area contributed by atoms with Crippen LogP contribution in [0.3, 0.4) is 0 Å². The fourth-order valence-corrected chi connectivity index (χ4v) is 7.22. The summed E-state index contributed by atoms with van der Waals surface area (Å²) in [6.45, 7) is 10.5. The van der Waals surface area contributed by atoms with Crippen LogP contribution in [-0.2, 0) is 8.85 Å². The molecule has 0 aromatic carbocycles. The van der Waals surface area contributed by atoms with Crippen LogP contribution < -0.4 is 0 Å². The van der Waals surface area contributed by atoms with Crippen molar-refractivity contribution < 1.29 is 8.85 Å². The van der Waals surface area contributed by atoms with Gasteiger partial charge in [-0.3, -0.25) is 0 Å². The van der Waals surface area contributed by atoms with Gasteiger partial charge in [-0.05, 0) is 25.9 Å². The predicted octanol–water partition coefficient (Wildman–Crippen LogP) is 8.00. The van der Waals surface area contributed by atoms with Gasteiger partial charge in [0.25, 0.3) is 0 Å². The lowest BCUT2D eigenvalue weighted by atomic mass is 10.1. The van der Waals surface area contributed by atoms with Crippen molar-refractivity contribution in [2.24, 2.45) is 0 Å². The Balaban J connectivity index is 4.06. The molecule has 0 bridgehead atoms. The highest BCUT2D eigenvalue weighted by atomic mass is 28.4. The minimum absolute atomic E-state index is 0.819. The molecule has 0 aliphatic heterocycles. The smallest absolute Gasteiger partial charge is 0.338 e. The molecule has 0 spiro atoms. The van der Waals surface area contributed by atoms with Crippen LogP contribution in [0.2, 0.25) is 12.1 Å². The molecular formula is C22H48O2Si. The van der Waals surface area contributed by atoms with Gasteiger partial charge < -0.3 is 8.85 Å². The minimum Gasteiger partial charge on any atom is -0.394 e. The topological polar surface area (TPSA) is 18.5 Å². The molecule has 0 amide bonds. The Hall–Kier alpha value is 0.137. The van der Waals surface area contributed by atoms with Crippen LogP contribution in [0.1, 0.15) is 118 Å². The Bertz CT molecular complexity index is 232. The van der Waals surface area contributed by atoms with Gasteiger partial charge in [-0.25, -0.2) is 0 Å². The Morgan fingerprint density at radius 3 is 1.08 bits per heavy atom. The summed E-state index contributed by atoms with van der Waals surface area (Å²) in [6, 6.07) is 2.41. The number of unbranched alkanes of at least 4 members (excludes halogenated alkanes) is 12. The quantitative estimate of drug-likeness (QED) is 0.159. The van der Waals surface area contributed by atoms with Crippen molar-refractivity contribution in [3.05, 3.63) is 0 Å². The van der Waals surface area contributed by atoms with Crippen molar-refractivity contribution in [3.63, 3.8) is 0 Å². The lowest BCUT2D eigenvalue weighted by Gasteiger charge is -2.30. The minimum atomic E-state index is -1.95. The van der Waals surface area contributed by atoms with Crippen LogP contribution in [0.25, 0.3) is 0 Å². The molecule has 0 N–H and O–H groups in total. The van der Waals surface area contributed by atoms with E-state index in [1.54, 1.807) is 0 Å². The third kappa shape index (κ3) is 14.9. The molecule has 0 aliphatic rings. The van der Waals surface area contributed by atoms with E-state index in [1.807, 2.05) is 0 Å². The summed E-state index contributed by atoms with van der Waals surface area (Å²) in [6.07, 6.45) is 19.2. The van der Waals surface area contributed by atoms with Crippen LogP contribution >= 0.6 is 0 Å². The third-order valence-electron chi connectivity index (χ3n) is 5.14. The van der Waals surface area contributed by atoms with E-state index in [0.717, 1.165) is 13.2 Å². The van der Waals surface area contributed by atoms with Crippen LogP contribution in [0.15, 0.2) is 0 Å². The van der Waals surface area contributed by atoms with Gasteiger partial charge in [0, 0.05) is 13.2 Å². The summed E-state index contributed by atoms with van der Waals surface area (Å²) in [5, 5.41) is 0. The standard InChI is InChI=1S/C22H48O2Si/c1-5-9-11-13-15-17-19-21-25(23-7-3,24-8-4)22-20-18-16-14-12-10-6-2/h5-22H2,1-4H3. The van der Waals surface area contributed by atoms with Crippen molar-refractivity contribution in [3.8, 4) is 0 Å². The summed E-state index contributed by atoms with van der Waals surface area (Å²) < 4.78 is 12.6. The highest BCUT2D eigenvalue weighted by Crippen LogP contribution is 2.26. The van der Waals surface area contributed by atoms with Crippen molar-refractivity contribution >= 4 is 8.56 Å². The van der Waals surface area contributed by atoms with E-state index in [1.165, 1.54) is 102 Å². The Kier molecular flexibility index (Phi) is 19.0. The zero-order valence-electron chi connectivity index (χ0n) is 18.0. The summed E-state index contributed by atoms with van der Waals surface area (Å²) in [7, 11) is -1.95. The molecule has 0 aromatic rings. The largest absolute Gasteiger partial charge is 0.394 e. The predicted molar refractivity (Wildman–Crippen MR) is 115 cm³/mol. The summed E-state index contributed by atoms with van der Waals surface area (Å²) >= 11 is 0. The van der Waals surface area contributed by atoms with Crippen molar-refractivity contribution in [2.75, 3.05) is 13.2 Å². The maximum absolute atomic E-state index is 6.28. The fraction of sp³-hybridized carbons (Fsp3) is 1.00. The van der Waals surface area contributed by atoms with Crippen LogP contribution in [0.5, 0.6) is 0 Å². The van der Waals surface area contributed by atoms with E-state index < -0.39 is 8.56 Å². The van der Waals surface area contributed by atoms with Crippen LogP contribution in [0.4, 0.5) is 0 Å². The first-order valence-electron chi connectivity index (χ1n) is 11.5. The maximum atomic E-state index is 6.28. The Morgan fingerprint density at radius 2 is 0.760 bits per heavy atom. The first kappa shape index (κ1) is 25.1. The lowest BCUT2D eigenvalue weighted by Crippen LogP contribution is -2.42. The number of hydrogen-bond acceptors (Lipinski definition) is 2. The highest BCUT2D eigenvalue weighted by molar-refractivity contribution is 6.67. The van der Waals surface area contributed by atoms with Crippen LogP contribution in [-0.4, -0.2) is 21.8 Å². The summed E-state index contributed by atoms with van der Waals surface area (Å²) in [5.74, 6) is 0. The molecule has 0 heterocycles. The van der Waals surface area contributed by atoms with Gasteiger partial charge in [-0.1, -0.05) is 104 Å². The lowest BCUT2D eigenvalue weighted by molar-refractivity contribution is 0.180. The van der Waals surface area contributed by atoms with Gasteiger partial charge in [-0.15, -0.1) is 0 Å². The molecule has 0 saturated carbocycles. The molecule has 0 saturated heterocycles. The average Bonchev–Trinajstić information content (AvgIpc) is 2.61. The van der Waals surface area contributed by atoms with Crippen LogP contribution in [0, 0.1) is 0 Å². The molecule has 0 aromatic heterocycles. The SMILES string of the molecule is CCCCCCCCC[Si](CCCCCCCCC)(OCC)OCC. The van der Waals surface area contributed by atoms with Gasteiger partial charge in [0.05, 0.1) is 0 Å². The molecular weight excluding hydrogens is 324 g/mol. The fourth-order valence-electron chi connectivity index (χ4n) is 3.68. The Labute approximate surface area is 160 Å². The highest BCUT2D eigenvalue weighted by Gasteiger charge is 2.35. The number of hydrogen-bond donors (Lipinski definition) is 0. The van der Waals surface area contributed by atoms with E-state index >= 15 is 0 Å². The molecule has 0 atom stereocenters. The second-order valence-electron chi connectivity index (χ2n) is 7.52. The first-order chi connectivity index (χ1) is 12.2. The molecule has 25 heavy (non-hydrogen) atoms. The molecule has 0 rings (SSSR count). The van der Waals surface area contributed by atoms with Crippen molar-refractivity contribution in [2.45, 2.75) is 130 Å². The number of rotatable bonds is 20. The molecule has 152 valence electrons. The van der Waals surface area contributed by atoms with Gasteiger partial charge in [-0.2, -0.15) is 0 Å². The summed E-state index contributed by atoms with van der Waals surface area (Å²) in [4.78, 5) is 0. The van der Waals surface area contributed by atoms with Gasteiger partial charge >= 0.3 is 8.56 Å². The molecule has 2 nitrogen and oxygen atoms in total. The van der Waals surface area contributed by atoms with E-state index in [9.17, 15) is 0 Å². The van der Waals surface area contributed by atoms with Crippen molar-refractivity contribution in [1.82, 2.24) is 0 Å². The average molecular weight is 373 g/mol. The van der Waals surface area contributed by atoms with Gasteiger partial charge in [0.15, 0.2) is 0 Å². The van der Waals surface area contributed by atoms with E-state index in [2.05, 4.69) is 27.7 Å². The molecule has 0 fully saturated rings. The first-order valence-corrected chi connectivity index (χ1v) is 13.8. The second kappa shape index (κ2) is 18.9. The zero-order valence-corrected chi connectivity index (χ0v) is 19.0. The molecule has 0 radical (unpaired) electrons. The van der Waals surface area contributed by atoms with E-state index in [0.29, 0.717) is 0 Å². The third-order valence-corrected chi connectivity index (χ3v) is 9.00. The Morgan fingerprint density at radius 1 is 0.440 bits per heavy atom. The maximum Gasteiger partial charge on any atom is 0.338 e. The van der Waals surface area contributed by atoms with E-state index in [4.69, 9.17) is 8.85 Å². The molecule has 0 aliphatic carbocycles. The van der Waals surface area contributed by atoms with E-state index in [-0.39, 0.29) is 0 Å². The van der Waals surface area contributed by atoms with Crippen molar-refractivity contribution in [1.29, 1.82) is 0 Å². The molecule has 0 unspecified atom stereocenters. The van der Waals surface area contributed by atoms with Gasteiger partial charge in [0.2, 0.25) is 0 Å². The second-order valence-corrected chi connectivity index (χ2v) is 10.9.